The van der Waals surface area contributed by atoms with Gasteiger partial charge >= 0.3 is 0 Å². The second-order valence-corrected chi connectivity index (χ2v) is 7.64. The van der Waals surface area contributed by atoms with Crippen molar-refractivity contribution >= 4 is 39.8 Å². The molecule has 8 heteroatoms. The summed E-state index contributed by atoms with van der Waals surface area (Å²) in [5, 5.41) is 6.52. The fourth-order valence-electron chi connectivity index (χ4n) is 2.31. The molecule has 2 rings (SSSR count). The van der Waals surface area contributed by atoms with Crippen molar-refractivity contribution in [3.63, 3.8) is 0 Å². The Morgan fingerprint density at radius 2 is 1.83 bits per heavy atom. The number of benzene rings is 1. The minimum absolute atomic E-state index is 0. The molecule has 0 unspecified atom stereocenters. The van der Waals surface area contributed by atoms with E-state index in [1.807, 2.05) is 18.2 Å². The lowest BCUT2D eigenvalue weighted by molar-refractivity contribution is 0.299. The van der Waals surface area contributed by atoms with Crippen molar-refractivity contribution < 1.29 is 8.42 Å². The molecular weight excluding hydrogens is 427 g/mol. The lowest BCUT2D eigenvalue weighted by atomic mass is 10.2. The van der Waals surface area contributed by atoms with Gasteiger partial charge < -0.3 is 10.6 Å². The van der Waals surface area contributed by atoms with Crippen LogP contribution in [0.15, 0.2) is 35.3 Å². The fourth-order valence-corrected chi connectivity index (χ4v) is 3.59. The number of rotatable bonds is 5. The summed E-state index contributed by atoms with van der Waals surface area (Å²) in [6.07, 6.45) is 0. The number of nitrogens with zero attached hydrogens (tertiary/aromatic N) is 2. The van der Waals surface area contributed by atoms with Gasteiger partial charge in [0.05, 0.1) is 11.5 Å². The molecule has 1 fully saturated rings. The molecule has 1 saturated heterocycles. The lowest BCUT2D eigenvalue weighted by Crippen LogP contribution is -2.45. The highest BCUT2D eigenvalue weighted by molar-refractivity contribution is 14.0. The van der Waals surface area contributed by atoms with E-state index in [0.717, 1.165) is 25.6 Å². The Morgan fingerprint density at radius 1 is 1.17 bits per heavy atom. The van der Waals surface area contributed by atoms with Crippen LogP contribution in [-0.4, -0.2) is 64.0 Å². The minimum atomic E-state index is -2.80. The van der Waals surface area contributed by atoms with E-state index in [1.54, 1.807) is 7.05 Å². The van der Waals surface area contributed by atoms with E-state index in [0.29, 0.717) is 13.1 Å². The van der Waals surface area contributed by atoms with Crippen LogP contribution in [-0.2, 0) is 16.4 Å². The topological polar surface area (TPSA) is 73.8 Å². The number of aliphatic imine (C=N–C) groups is 1. The summed E-state index contributed by atoms with van der Waals surface area (Å²) in [6, 6.07) is 10.1. The largest absolute Gasteiger partial charge is 0.355 e. The molecule has 1 aromatic carbocycles. The van der Waals surface area contributed by atoms with Crippen LogP contribution in [0.1, 0.15) is 5.56 Å². The van der Waals surface area contributed by atoms with E-state index >= 15 is 0 Å². The van der Waals surface area contributed by atoms with Crippen LogP contribution < -0.4 is 10.6 Å². The van der Waals surface area contributed by atoms with E-state index < -0.39 is 9.84 Å². The van der Waals surface area contributed by atoms with E-state index in [-0.39, 0.29) is 35.5 Å². The molecule has 6 nitrogen and oxygen atoms in total. The first-order valence-electron chi connectivity index (χ1n) is 7.50. The van der Waals surface area contributed by atoms with Crippen LogP contribution in [0.4, 0.5) is 0 Å². The predicted octanol–water partition coefficient (Wildman–Crippen LogP) is 0.700. The van der Waals surface area contributed by atoms with Gasteiger partial charge in [-0.3, -0.25) is 9.89 Å². The number of sulfone groups is 1. The predicted molar refractivity (Wildman–Crippen MR) is 105 cm³/mol. The maximum Gasteiger partial charge on any atom is 0.191 e. The summed E-state index contributed by atoms with van der Waals surface area (Å²) >= 11 is 0. The van der Waals surface area contributed by atoms with Crippen molar-refractivity contribution in [1.29, 1.82) is 0 Å². The first kappa shape index (κ1) is 20.2. The second kappa shape index (κ2) is 10.1. The quantitative estimate of drug-likeness (QED) is 0.391. The Balaban J connectivity index is 0.00000264. The van der Waals surface area contributed by atoms with Crippen LogP contribution in [0.25, 0.3) is 0 Å². The van der Waals surface area contributed by atoms with E-state index in [2.05, 4.69) is 32.7 Å². The van der Waals surface area contributed by atoms with Gasteiger partial charge in [-0.15, -0.1) is 24.0 Å². The third-order valence-corrected chi connectivity index (χ3v) is 5.29. The first-order valence-corrected chi connectivity index (χ1v) is 9.32. The van der Waals surface area contributed by atoms with Gasteiger partial charge in [0.25, 0.3) is 0 Å². The van der Waals surface area contributed by atoms with Crippen molar-refractivity contribution in [2.75, 3.05) is 44.7 Å². The molecular formula is C15H25IN4O2S. The van der Waals surface area contributed by atoms with Crippen molar-refractivity contribution in [3.8, 4) is 0 Å². The maximum atomic E-state index is 11.4. The molecule has 1 aliphatic heterocycles. The molecule has 0 aliphatic carbocycles. The number of nitrogens with one attached hydrogen (secondary N) is 2. The van der Waals surface area contributed by atoms with Crippen molar-refractivity contribution in [1.82, 2.24) is 15.5 Å². The molecule has 0 bridgehead atoms. The van der Waals surface area contributed by atoms with Gasteiger partial charge in [0.1, 0.15) is 0 Å². The van der Waals surface area contributed by atoms with Crippen LogP contribution in [0, 0.1) is 0 Å². The van der Waals surface area contributed by atoms with Crippen molar-refractivity contribution in [3.05, 3.63) is 35.9 Å². The summed E-state index contributed by atoms with van der Waals surface area (Å²) < 4.78 is 22.7. The molecule has 1 heterocycles. The zero-order valence-electron chi connectivity index (χ0n) is 13.4. The van der Waals surface area contributed by atoms with E-state index in [1.165, 1.54) is 5.56 Å². The summed E-state index contributed by atoms with van der Waals surface area (Å²) in [7, 11) is -1.06. The number of guanidine groups is 1. The van der Waals surface area contributed by atoms with Gasteiger partial charge in [-0.1, -0.05) is 30.3 Å². The summed E-state index contributed by atoms with van der Waals surface area (Å²) in [5.74, 6) is 1.30. The molecule has 2 N–H and O–H groups in total. The van der Waals surface area contributed by atoms with Gasteiger partial charge in [0, 0.05) is 39.8 Å². The Bertz CT molecular complexity index is 579. The highest BCUT2D eigenvalue weighted by Crippen LogP contribution is 2.02. The van der Waals surface area contributed by atoms with Crippen LogP contribution in [0.5, 0.6) is 0 Å². The number of halogens is 1. The van der Waals surface area contributed by atoms with Crippen molar-refractivity contribution in [2.45, 2.75) is 6.54 Å². The highest BCUT2D eigenvalue weighted by atomic mass is 127. The fraction of sp³-hybridized carbons (Fsp3) is 0.533. The molecule has 0 spiro atoms. The van der Waals surface area contributed by atoms with Gasteiger partial charge in [0.15, 0.2) is 15.8 Å². The number of hydrogen-bond donors (Lipinski definition) is 2. The lowest BCUT2D eigenvalue weighted by Gasteiger charge is -2.26. The average Bonchev–Trinajstić information content (AvgIpc) is 2.53. The van der Waals surface area contributed by atoms with E-state index in [9.17, 15) is 8.42 Å². The molecule has 0 radical (unpaired) electrons. The van der Waals surface area contributed by atoms with Gasteiger partial charge in [-0.2, -0.15) is 0 Å². The summed E-state index contributed by atoms with van der Waals surface area (Å²) in [5.41, 5.74) is 1.20. The zero-order valence-corrected chi connectivity index (χ0v) is 16.5. The van der Waals surface area contributed by atoms with Gasteiger partial charge in [-0.05, 0) is 5.56 Å². The molecule has 0 aromatic heterocycles. The van der Waals surface area contributed by atoms with Crippen LogP contribution >= 0.6 is 24.0 Å². The SMILES string of the molecule is CN=C(NCCN1CCS(=O)(=O)CC1)NCc1ccccc1.I. The molecule has 23 heavy (non-hydrogen) atoms. The average molecular weight is 452 g/mol. The third kappa shape index (κ3) is 7.49. The molecule has 0 saturated carbocycles. The Labute approximate surface area is 155 Å². The molecule has 0 amide bonds. The van der Waals surface area contributed by atoms with Crippen molar-refractivity contribution in [2.24, 2.45) is 4.99 Å². The normalized spacial score (nSPS) is 18.0. The van der Waals surface area contributed by atoms with E-state index in [4.69, 9.17) is 0 Å². The van der Waals surface area contributed by atoms with Gasteiger partial charge in [-0.25, -0.2) is 8.42 Å². The Morgan fingerprint density at radius 3 is 2.43 bits per heavy atom. The smallest absolute Gasteiger partial charge is 0.191 e. The zero-order chi connectivity index (χ0) is 15.8. The van der Waals surface area contributed by atoms with Gasteiger partial charge in [0.2, 0.25) is 0 Å². The minimum Gasteiger partial charge on any atom is -0.355 e. The molecule has 1 aromatic rings. The molecule has 0 atom stereocenters. The Hall–Kier alpha value is -0.870. The molecule has 1 aliphatic rings. The highest BCUT2D eigenvalue weighted by Gasteiger charge is 2.20. The third-order valence-electron chi connectivity index (χ3n) is 3.68. The summed E-state index contributed by atoms with van der Waals surface area (Å²) in [4.78, 5) is 6.35. The monoisotopic (exact) mass is 452 g/mol. The standard InChI is InChI=1S/C15H24N4O2S.HI/c1-16-15(18-13-14-5-3-2-4-6-14)17-7-8-19-9-11-22(20,21)12-10-19;/h2-6H,7-13H2,1H3,(H2,16,17,18);1H. The van der Waals surface area contributed by atoms with Crippen LogP contribution in [0.3, 0.4) is 0 Å². The summed E-state index contributed by atoms with van der Waals surface area (Å²) in [6.45, 7) is 3.54. The number of hydrogen-bond acceptors (Lipinski definition) is 4. The van der Waals surface area contributed by atoms with Crippen LogP contribution in [0.2, 0.25) is 0 Å². The molecule has 130 valence electrons. The first-order chi connectivity index (χ1) is 10.6. The Kier molecular flexibility index (Phi) is 8.85. The second-order valence-electron chi connectivity index (χ2n) is 5.33. The maximum absolute atomic E-state index is 11.4.